The predicted octanol–water partition coefficient (Wildman–Crippen LogP) is 2.54. The number of carboxylic acids is 1. The van der Waals surface area contributed by atoms with Crippen LogP contribution >= 0.6 is 0 Å². The Kier molecular flexibility index (Phi) is 4.02. The molecule has 5 N–H and O–H groups in total. The molecule has 0 amide bonds. The summed E-state index contributed by atoms with van der Waals surface area (Å²) in [6, 6.07) is 15.7. The summed E-state index contributed by atoms with van der Waals surface area (Å²) in [5, 5.41) is 18.6. The van der Waals surface area contributed by atoms with E-state index >= 15 is 0 Å². The third kappa shape index (κ3) is 2.96. The van der Waals surface area contributed by atoms with Gasteiger partial charge in [-0.05, 0) is 17.2 Å². The third-order valence-electron chi connectivity index (χ3n) is 3.69. The molecule has 0 aliphatic carbocycles. The lowest BCUT2D eigenvalue weighted by molar-refractivity contribution is 0.0697. The molecule has 0 unspecified atom stereocenters. The SMILES string of the molecule is N#Cc1c(N)nc(N)nc1-c1ccc(-c2ccccc2C(=O)O)cc1. The van der Waals surface area contributed by atoms with Crippen molar-refractivity contribution in [2.24, 2.45) is 0 Å². The highest BCUT2D eigenvalue weighted by molar-refractivity contribution is 5.96. The first-order valence-corrected chi connectivity index (χ1v) is 7.27. The van der Waals surface area contributed by atoms with Gasteiger partial charge in [0, 0.05) is 5.56 Å². The zero-order chi connectivity index (χ0) is 18.0. The van der Waals surface area contributed by atoms with Crippen molar-refractivity contribution in [3.05, 3.63) is 59.7 Å². The minimum absolute atomic E-state index is 0.0188. The minimum Gasteiger partial charge on any atom is -0.478 e. The molecule has 0 saturated carbocycles. The Morgan fingerprint density at radius 3 is 2.28 bits per heavy atom. The van der Waals surface area contributed by atoms with Gasteiger partial charge < -0.3 is 16.6 Å². The molecule has 0 fully saturated rings. The van der Waals surface area contributed by atoms with Crippen LogP contribution in [0.3, 0.4) is 0 Å². The molecular weight excluding hydrogens is 318 g/mol. The van der Waals surface area contributed by atoms with Crippen molar-refractivity contribution >= 4 is 17.7 Å². The lowest BCUT2D eigenvalue weighted by Crippen LogP contribution is -2.05. The number of carbonyl (C=O) groups is 1. The van der Waals surface area contributed by atoms with Crippen LogP contribution in [0, 0.1) is 11.3 Å². The number of rotatable bonds is 3. The molecule has 3 aromatic rings. The number of hydrogen-bond donors (Lipinski definition) is 3. The Balaban J connectivity index is 2.09. The van der Waals surface area contributed by atoms with Gasteiger partial charge in [0.15, 0.2) is 0 Å². The molecule has 0 spiro atoms. The summed E-state index contributed by atoms with van der Waals surface area (Å²) < 4.78 is 0. The summed E-state index contributed by atoms with van der Waals surface area (Å²) in [4.78, 5) is 19.2. The summed E-state index contributed by atoms with van der Waals surface area (Å²) >= 11 is 0. The predicted molar refractivity (Wildman–Crippen MR) is 93.4 cm³/mol. The number of nitriles is 1. The number of nitrogen functional groups attached to an aromatic ring is 2. The molecule has 0 aliphatic heterocycles. The lowest BCUT2D eigenvalue weighted by Gasteiger charge is -2.09. The molecule has 2 aromatic carbocycles. The van der Waals surface area contributed by atoms with Crippen molar-refractivity contribution in [2.45, 2.75) is 0 Å². The Hall–Kier alpha value is -3.92. The van der Waals surface area contributed by atoms with Crippen LogP contribution in [0.5, 0.6) is 0 Å². The second-order valence-corrected chi connectivity index (χ2v) is 5.23. The summed E-state index contributed by atoms with van der Waals surface area (Å²) in [5.74, 6) is -1.00. The smallest absolute Gasteiger partial charge is 0.336 e. The fraction of sp³-hybridized carbons (Fsp3) is 0. The van der Waals surface area contributed by atoms with Gasteiger partial charge in [-0.1, -0.05) is 42.5 Å². The molecule has 0 radical (unpaired) electrons. The zero-order valence-corrected chi connectivity index (χ0v) is 13.0. The van der Waals surface area contributed by atoms with E-state index in [9.17, 15) is 15.2 Å². The van der Waals surface area contributed by atoms with E-state index in [1.54, 1.807) is 48.5 Å². The van der Waals surface area contributed by atoms with Crippen LogP contribution < -0.4 is 11.5 Å². The van der Waals surface area contributed by atoms with Crippen LogP contribution in [-0.4, -0.2) is 21.0 Å². The summed E-state index contributed by atoms with van der Waals surface area (Å²) in [5.41, 5.74) is 14.0. The van der Waals surface area contributed by atoms with Crippen LogP contribution in [-0.2, 0) is 0 Å². The molecular formula is C18H13N5O2. The van der Waals surface area contributed by atoms with Crippen molar-refractivity contribution < 1.29 is 9.90 Å². The van der Waals surface area contributed by atoms with Crippen LogP contribution in [0.25, 0.3) is 22.4 Å². The lowest BCUT2D eigenvalue weighted by atomic mass is 9.97. The van der Waals surface area contributed by atoms with E-state index in [0.717, 1.165) is 5.56 Å². The van der Waals surface area contributed by atoms with Crippen molar-refractivity contribution in [3.8, 4) is 28.5 Å². The number of anilines is 2. The van der Waals surface area contributed by atoms with Crippen molar-refractivity contribution in [3.63, 3.8) is 0 Å². The van der Waals surface area contributed by atoms with E-state index in [1.807, 2.05) is 6.07 Å². The molecule has 1 aromatic heterocycles. The maximum absolute atomic E-state index is 11.4. The highest BCUT2D eigenvalue weighted by Gasteiger charge is 2.14. The fourth-order valence-corrected chi connectivity index (χ4v) is 2.54. The molecule has 0 bridgehead atoms. The molecule has 7 nitrogen and oxygen atoms in total. The second kappa shape index (κ2) is 6.29. The van der Waals surface area contributed by atoms with E-state index in [0.29, 0.717) is 16.8 Å². The number of aromatic nitrogens is 2. The Morgan fingerprint density at radius 2 is 1.64 bits per heavy atom. The quantitative estimate of drug-likeness (QED) is 0.670. The van der Waals surface area contributed by atoms with Crippen LogP contribution in [0.1, 0.15) is 15.9 Å². The molecule has 1 heterocycles. The number of nitrogens with two attached hydrogens (primary N) is 2. The van der Waals surface area contributed by atoms with Crippen LogP contribution in [0.4, 0.5) is 11.8 Å². The Bertz CT molecular complexity index is 1010. The van der Waals surface area contributed by atoms with Gasteiger partial charge in [0.25, 0.3) is 0 Å². The first-order chi connectivity index (χ1) is 12.0. The van der Waals surface area contributed by atoms with Gasteiger partial charge in [-0.2, -0.15) is 10.2 Å². The summed E-state index contributed by atoms with van der Waals surface area (Å²) in [7, 11) is 0. The number of hydrogen-bond acceptors (Lipinski definition) is 6. The highest BCUT2D eigenvalue weighted by Crippen LogP contribution is 2.29. The standard InChI is InChI=1S/C18H13N5O2/c19-9-14-15(22-18(21)23-16(14)20)11-7-5-10(6-8-11)12-3-1-2-4-13(12)17(24)25/h1-8H,(H,24,25)(H4,20,21,22,23). The average molecular weight is 331 g/mol. The average Bonchev–Trinajstić information content (AvgIpc) is 2.61. The van der Waals surface area contributed by atoms with Gasteiger partial charge in [0.2, 0.25) is 5.95 Å². The van der Waals surface area contributed by atoms with Crippen molar-refractivity contribution in [2.75, 3.05) is 11.5 Å². The molecule has 7 heteroatoms. The van der Waals surface area contributed by atoms with Crippen LogP contribution in [0.2, 0.25) is 0 Å². The van der Waals surface area contributed by atoms with Gasteiger partial charge in [0.05, 0.1) is 11.3 Å². The van der Waals surface area contributed by atoms with Crippen molar-refractivity contribution in [1.82, 2.24) is 9.97 Å². The Labute approximate surface area is 143 Å². The second-order valence-electron chi connectivity index (χ2n) is 5.23. The maximum atomic E-state index is 11.4. The van der Waals surface area contributed by atoms with Gasteiger partial charge in [-0.15, -0.1) is 0 Å². The van der Waals surface area contributed by atoms with Gasteiger partial charge in [0.1, 0.15) is 17.5 Å². The number of benzene rings is 2. The summed E-state index contributed by atoms with van der Waals surface area (Å²) in [6.45, 7) is 0. The third-order valence-corrected chi connectivity index (χ3v) is 3.69. The maximum Gasteiger partial charge on any atom is 0.336 e. The van der Waals surface area contributed by atoms with E-state index in [1.165, 1.54) is 0 Å². The zero-order valence-electron chi connectivity index (χ0n) is 13.0. The minimum atomic E-state index is -0.997. The van der Waals surface area contributed by atoms with Crippen LogP contribution in [0.15, 0.2) is 48.5 Å². The first-order valence-electron chi connectivity index (χ1n) is 7.27. The summed E-state index contributed by atoms with van der Waals surface area (Å²) in [6.07, 6.45) is 0. The van der Waals surface area contributed by atoms with E-state index < -0.39 is 5.97 Å². The first kappa shape index (κ1) is 16.0. The molecule has 25 heavy (non-hydrogen) atoms. The van der Waals surface area contributed by atoms with Gasteiger partial charge >= 0.3 is 5.97 Å². The van der Waals surface area contributed by atoms with Gasteiger partial charge in [-0.25, -0.2) is 9.78 Å². The molecule has 122 valence electrons. The molecule has 0 aliphatic rings. The van der Waals surface area contributed by atoms with Crippen molar-refractivity contribution in [1.29, 1.82) is 5.26 Å². The number of aromatic carboxylic acids is 1. The molecule has 0 atom stereocenters. The molecule has 3 rings (SSSR count). The van der Waals surface area contributed by atoms with E-state index in [-0.39, 0.29) is 22.9 Å². The van der Waals surface area contributed by atoms with Gasteiger partial charge in [-0.3, -0.25) is 0 Å². The highest BCUT2D eigenvalue weighted by atomic mass is 16.4. The fourth-order valence-electron chi connectivity index (χ4n) is 2.54. The Morgan fingerprint density at radius 1 is 1.00 bits per heavy atom. The van der Waals surface area contributed by atoms with E-state index in [4.69, 9.17) is 11.5 Å². The van der Waals surface area contributed by atoms with E-state index in [2.05, 4.69) is 9.97 Å². The molecule has 0 saturated heterocycles. The normalized spacial score (nSPS) is 10.2. The number of carboxylic acid groups (broad SMARTS) is 1. The topological polar surface area (TPSA) is 139 Å². The largest absolute Gasteiger partial charge is 0.478 e. The monoisotopic (exact) mass is 331 g/mol. The number of nitrogens with zero attached hydrogens (tertiary/aromatic N) is 3.